The summed E-state index contributed by atoms with van der Waals surface area (Å²) in [5.41, 5.74) is 2.00. The van der Waals surface area contributed by atoms with Crippen molar-refractivity contribution in [2.45, 2.75) is 25.2 Å². The van der Waals surface area contributed by atoms with Crippen LogP contribution in [-0.2, 0) is 9.53 Å². The van der Waals surface area contributed by atoms with Crippen LogP contribution in [0.5, 0.6) is 0 Å². The average molecular weight is 396 g/mol. The van der Waals surface area contributed by atoms with Crippen LogP contribution in [0.2, 0.25) is 5.02 Å². The number of fused-ring (bicyclic) bond motifs is 1. The highest BCUT2D eigenvalue weighted by atomic mass is 35.5. The van der Waals surface area contributed by atoms with Crippen LogP contribution < -0.4 is 5.32 Å². The third kappa shape index (κ3) is 3.86. The molecule has 4 rings (SSSR count). The minimum atomic E-state index is -0.0464. The molecule has 1 amide bonds. The number of ether oxygens (including phenoxy) is 1. The third-order valence-corrected chi connectivity index (χ3v) is 5.56. The second kappa shape index (κ2) is 7.86. The normalized spacial score (nSPS) is 19.4. The molecule has 1 aromatic carbocycles. The molecule has 144 valence electrons. The Hall–Kier alpha value is -2.50. The molecule has 0 saturated heterocycles. The Morgan fingerprint density at radius 1 is 1.29 bits per heavy atom. The maximum atomic E-state index is 12.6. The second-order valence-electron chi connectivity index (χ2n) is 7.34. The minimum absolute atomic E-state index is 0.00978. The zero-order valence-corrected chi connectivity index (χ0v) is 16.6. The van der Waals surface area contributed by atoms with Crippen molar-refractivity contribution in [1.29, 1.82) is 0 Å². The summed E-state index contributed by atoms with van der Waals surface area (Å²) in [6.07, 6.45) is 4.33. The lowest BCUT2D eigenvalue weighted by Gasteiger charge is -2.14. The van der Waals surface area contributed by atoms with Crippen LogP contribution in [0, 0.1) is 5.92 Å². The van der Waals surface area contributed by atoms with E-state index in [4.69, 9.17) is 16.3 Å². The highest BCUT2D eigenvalue weighted by Gasteiger charge is 2.44. The van der Waals surface area contributed by atoms with Gasteiger partial charge in [-0.25, -0.2) is 4.98 Å². The molecule has 2 aromatic heterocycles. The van der Waals surface area contributed by atoms with E-state index in [1.54, 1.807) is 19.5 Å². The van der Waals surface area contributed by atoms with E-state index >= 15 is 0 Å². The van der Waals surface area contributed by atoms with Crippen molar-refractivity contribution >= 4 is 34.1 Å². The molecule has 1 aliphatic carbocycles. The summed E-state index contributed by atoms with van der Waals surface area (Å²) in [6, 6.07) is 11.7. The van der Waals surface area contributed by atoms with Crippen LogP contribution in [0.3, 0.4) is 0 Å². The fraction of sp³-hybridized carbons (Fsp3) is 0.318. The summed E-state index contributed by atoms with van der Waals surface area (Å²) >= 11 is 6.42. The predicted molar refractivity (Wildman–Crippen MR) is 111 cm³/mol. The van der Waals surface area contributed by atoms with Gasteiger partial charge >= 0.3 is 0 Å². The lowest BCUT2D eigenvalue weighted by atomic mass is 9.99. The topological polar surface area (TPSA) is 64.1 Å². The van der Waals surface area contributed by atoms with Gasteiger partial charge < -0.3 is 10.1 Å². The molecule has 6 heteroatoms. The van der Waals surface area contributed by atoms with Gasteiger partial charge in [-0.15, -0.1) is 0 Å². The number of anilines is 1. The van der Waals surface area contributed by atoms with Crippen LogP contribution in [0.25, 0.3) is 10.8 Å². The number of methoxy groups -OCH3 is 1. The average Bonchev–Trinajstić information content (AvgIpc) is 3.49. The van der Waals surface area contributed by atoms with Crippen molar-refractivity contribution in [2.75, 3.05) is 19.0 Å². The van der Waals surface area contributed by atoms with E-state index in [-0.39, 0.29) is 23.7 Å². The van der Waals surface area contributed by atoms with Crippen LogP contribution in [-0.4, -0.2) is 29.6 Å². The largest absolute Gasteiger partial charge is 0.384 e. The van der Waals surface area contributed by atoms with Crippen molar-refractivity contribution in [1.82, 2.24) is 9.97 Å². The maximum absolute atomic E-state index is 12.6. The molecule has 1 aliphatic rings. The van der Waals surface area contributed by atoms with Gasteiger partial charge in [0.15, 0.2) is 0 Å². The molecule has 0 aliphatic heterocycles. The van der Waals surface area contributed by atoms with Gasteiger partial charge in [0, 0.05) is 53.4 Å². The standard InChI is InChI=1S/C22H22ClN3O2/c1-13(12-28-2)16-7-14-9-21(25-11-15(14)8-19(16)23)26-22(27)18-10-17(18)20-5-3-4-6-24-20/h3-9,11,13,17-18H,10,12H2,1-2H3,(H,25,26,27). The SMILES string of the molecule is COCC(C)c1cc2cc(NC(=O)C3CC3c3ccccn3)ncc2cc1Cl. The number of carbonyl (C=O) groups is 1. The summed E-state index contributed by atoms with van der Waals surface area (Å²) in [4.78, 5) is 21.3. The number of aromatic nitrogens is 2. The summed E-state index contributed by atoms with van der Waals surface area (Å²) in [5.74, 6) is 0.872. The Bertz CT molecular complexity index is 1010. The quantitative estimate of drug-likeness (QED) is 0.652. The number of hydrogen-bond donors (Lipinski definition) is 1. The van der Waals surface area contributed by atoms with Crippen molar-refractivity contribution in [2.24, 2.45) is 5.92 Å². The number of carbonyl (C=O) groups excluding carboxylic acids is 1. The summed E-state index contributed by atoms with van der Waals surface area (Å²) in [7, 11) is 1.68. The van der Waals surface area contributed by atoms with E-state index < -0.39 is 0 Å². The first kappa shape index (κ1) is 18.8. The Morgan fingerprint density at radius 3 is 2.89 bits per heavy atom. The highest BCUT2D eigenvalue weighted by molar-refractivity contribution is 6.32. The fourth-order valence-electron chi connectivity index (χ4n) is 3.60. The number of halogens is 1. The number of benzene rings is 1. The monoisotopic (exact) mass is 395 g/mol. The molecule has 3 unspecified atom stereocenters. The highest BCUT2D eigenvalue weighted by Crippen LogP contribution is 2.47. The zero-order chi connectivity index (χ0) is 19.7. The van der Waals surface area contributed by atoms with E-state index in [0.29, 0.717) is 17.4 Å². The Labute approximate surface area is 169 Å². The van der Waals surface area contributed by atoms with Gasteiger partial charge in [-0.1, -0.05) is 24.6 Å². The number of amides is 1. The molecule has 0 spiro atoms. The molecule has 0 bridgehead atoms. The Kier molecular flexibility index (Phi) is 5.29. The van der Waals surface area contributed by atoms with Gasteiger partial charge in [-0.3, -0.25) is 9.78 Å². The first-order valence-corrected chi connectivity index (χ1v) is 9.74. The lowest BCUT2D eigenvalue weighted by molar-refractivity contribution is -0.117. The van der Waals surface area contributed by atoms with Crippen molar-refractivity contribution in [3.8, 4) is 0 Å². The summed E-state index contributed by atoms with van der Waals surface area (Å²) in [6.45, 7) is 2.67. The molecule has 1 fully saturated rings. The van der Waals surface area contributed by atoms with Crippen LogP contribution in [0.4, 0.5) is 5.82 Å². The summed E-state index contributed by atoms with van der Waals surface area (Å²) < 4.78 is 5.25. The number of hydrogen-bond acceptors (Lipinski definition) is 4. The van der Waals surface area contributed by atoms with Gasteiger partial charge in [-0.2, -0.15) is 0 Å². The van der Waals surface area contributed by atoms with E-state index in [1.807, 2.05) is 36.4 Å². The zero-order valence-electron chi connectivity index (χ0n) is 15.9. The molecule has 3 atom stereocenters. The van der Waals surface area contributed by atoms with Gasteiger partial charge in [-0.05, 0) is 47.7 Å². The molecule has 1 N–H and O–H groups in total. The van der Waals surface area contributed by atoms with E-state index in [1.165, 1.54) is 0 Å². The van der Waals surface area contributed by atoms with Crippen LogP contribution in [0.1, 0.15) is 36.4 Å². The molecule has 3 aromatic rings. The lowest BCUT2D eigenvalue weighted by Crippen LogP contribution is -2.15. The molecule has 0 radical (unpaired) electrons. The predicted octanol–water partition coefficient (Wildman–Crippen LogP) is 4.78. The van der Waals surface area contributed by atoms with Gasteiger partial charge in [0.05, 0.1) is 6.61 Å². The van der Waals surface area contributed by atoms with E-state index in [0.717, 1.165) is 28.5 Å². The molecular weight excluding hydrogens is 374 g/mol. The fourth-order valence-corrected chi connectivity index (χ4v) is 3.95. The number of rotatable bonds is 6. The molecule has 2 heterocycles. The molecular formula is C22H22ClN3O2. The van der Waals surface area contributed by atoms with Crippen molar-refractivity contribution in [3.05, 3.63) is 65.1 Å². The Balaban J connectivity index is 1.51. The van der Waals surface area contributed by atoms with Crippen molar-refractivity contribution in [3.63, 3.8) is 0 Å². The third-order valence-electron chi connectivity index (χ3n) is 5.23. The van der Waals surface area contributed by atoms with Gasteiger partial charge in [0.1, 0.15) is 5.82 Å². The second-order valence-corrected chi connectivity index (χ2v) is 7.75. The maximum Gasteiger partial charge on any atom is 0.229 e. The molecule has 28 heavy (non-hydrogen) atoms. The minimum Gasteiger partial charge on any atom is -0.384 e. The first-order chi connectivity index (χ1) is 13.6. The van der Waals surface area contributed by atoms with Gasteiger partial charge in [0.2, 0.25) is 5.91 Å². The number of nitrogens with zero attached hydrogens (tertiary/aromatic N) is 2. The van der Waals surface area contributed by atoms with E-state index in [2.05, 4.69) is 22.2 Å². The smallest absolute Gasteiger partial charge is 0.229 e. The Morgan fingerprint density at radius 2 is 2.14 bits per heavy atom. The van der Waals surface area contributed by atoms with Crippen LogP contribution in [0.15, 0.2) is 48.8 Å². The molecule has 5 nitrogen and oxygen atoms in total. The van der Waals surface area contributed by atoms with E-state index in [9.17, 15) is 4.79 Å². The first-order valence-electron chi connectivity index (χ1n) is 9.36. The number of pyridine rings is 2. The van der Waals surface area contributed by atoms with Gasteiger partial charge in [0.25, 0.3) is 0 Å². The van der Waals surface area contributed by atoms with Crippen LogP contribution >= 0.6 is 11.6 Å². The number of nitrogens with one attached hydrogen (secondary N) is 1. The van der Waals surface area contributed by atoms with Crippen molar-refractivity contribution < 1.29 is 9.53 Å². The molecule has 1 saturated carbocycles. The summed E-state index contributed by atoms with van der Waals surface area (Å²) in [5, 5.41) is 5.58.